The first kappa shape index (κ1) is 33.1. The fourth-order valence-electron chi connectivity index (χ4n) is 8.91. The summed E-state index contributed by atoms with van der Waals surface area (Å²) in [4.78, 5) is 5.23. The number of fused-ring (bicyclic) bond motifs is 4. The number of rotatable bonds is 6. The van der Waals surface area contributed by atoms with Crippen molar-refractivity contribution in [3.63, 3.8) is 0 Å². The van der Waals surface area contributed by atoms with E-state index >= 15 is 0 Å². The second-order valence-corrected chi connectivity index (χ2v) is 15.5. The van der Waals surface area contributed by atoms with Gasteiger partial charge in [-0.15, -0.1) is 0 Å². The van der Waals surface area contributed by atoms with Gasteiger partial charge in [0, 0.05) is 17.0 Å². The summed E-state index contributed by atoms with van der Waals surface area (Å²) in [6, 6.07) is 59.4. The molecule has 0 radical (unpaired) electrons. The summed E-state index contributed by atoms with van der Waals surface area (Å²) < 4.78 is 0. The Morgan fingerprint density at radius 3 is 2.02 bits per heavy atom. The Labute approximate surface area is 324 Å². The van der Waals surface area contributed by atoms with E-state index in [0.717, 1.165) is 29.0 Å². The maximum absolute atomic E-state index is 5.23. The third-order valence-electron chi connectivity index (χ3n) is 11.8. The van der Waals surface area contributed by atoms with Crippen LogP contribution in [0, 0.1) is 0 Å². The lowest BCUT2D eigenvalue weighted by molar-refractivity contribution is 0.661. The summed E-state index contributed by atoms with van der Waals surface area (Å²) in [6.45, 7) is 4.79. The summed E-state index contributed by atoms with van der Waals surface area (Å²) in [5, 5.41) is 6.35. The highest BCUT2D eigenvalue weighted by atomic mass is 15.1. The molecule has 0 aromatic heterocycles. The van der Waals surface area contributed by atoms with Gasteiger partial charge < -0.3 is 5.32 Å². The maximum atomic E-state index is 5.23. The van der Waals surface area contributed by atoms with Crippen LogP contribution in [0.1, 0.15) is 71.3 Å². The van der Waals surface area contributed by atoms with Gasteiger partial charge in [-0.25, -0.2) is 0 Å². The monoisotopic (exact) mass is 706 g/mol. The summed E-state index contributed by atoms with van der Waals surface area (Å²) in [5.41, 5.74) is 17.4. The van der Waals surface area contributed by atoms with Crippen LogP contribution in [0.5, 0.6) is 0 Å². The Hall–Kier alpha value is -6.51. The molecular formula is C53H42N2. The largest absolute Gasteiger partial charge is 0.360 e. The number of hydrogen-bond acceptors (Lipinski definition) is 2. The molecule has 55 heavy (non-hydrogen) atoms. The van der Waals surface area contributed by atoms with E-state index < -0.39 is 0 Å². The van der Waals surface area contributed by atoms with E-state index in [1.54, 1.807) is 0 Å². The highest BCUT2D eigenvalue weighted by Crippen LogP contribution is 2.55. The average molecular weight is 707 g/mol. The van der Waals surface area contributed by atoms with Crippen LogP contribution in [0.4, 0.5) is 0 Å². The predicted octanol–water partition coefficient (Wildman–Crippen LogP) is 13.1. The van der Waals surface area contributed by atoms with Crippen molar-refractivity contribution in [1.82, 2.24) is 5.32 Å². The lowest BCUT2D eigenvalue weighted by Crippen LogP contribution is -2.25. The number of aliphatic imine (C=N–C) groups is 1. The summed E-state index contributed by atoms with van der Waals surface area (Å²) in [7, 11) is 0. The zero-order valence-electron chi connectivity index (χ0n) is 31.2. The van der Waals surface area contributed by atoms with Gasteiger partial charge in [-0.1, -0.05) is 184 Å². The van der Waals surface area contributed by atoms with Crippen molar-refractivity contribution >= 4 is 27.8 Å². The lowest BCUT2D eigenvalue weighted by atomic mass is 9.80. The topological polar surface area (TPSA) is 24.4 Å². The Bertz CT molecular complexity index is 2710. The van der Waals surface area contributed by atoms with E-state index in [4.69, 9.17) is 4.99 Å². The Morgan fingerprint density at radius 2 is 1.27 bits per heavy atom. The molecule has 2 atom stereocenters. The van der Waals surface area contributed by atoms with Gasteiger partial charge in [0.25, 0.3) is 0 Å². The minimum Gasteiger partial charge on any atom is -0.360 e. The quantitative estimate of drug-likeness (QED) is 0.183. The first-order valence-electron chi connectivity index (χ1n) is 19.4. The van der Waals surface area contributed by atoms with E-state index in [2.05, 4.69) is 207 Å². The molecular weight excluding hydrogens is 665 g/mol. The molecule has 1 heterocycles. The Morgan fingerprint density at radius 1 is 0.582 bits per heavy atom. The highest BCUT2D eigenvalue weighted by Gasteiger charge is 2.38. The normalized spacial score (nSPS) is 18.1. The zero-order chi connectivity index (χ0) is 36.9. The molecule has 0 amide bonds. The van der Waals surface area contributed by atoms with E-state index in [1.807, 2.05) is 0 Å². The molecule has 0 fully saturated rings. The second-order valence-electron chi connectivity index (χ2n) is 15.5. The first-order valence-corrected chi connectivity index (χ1v) is 19.4. The number of nitrogens with zero attached hydrogens (tertiary/aromatic N) is 1. The molecule has 1 aliphatic heterocycles. The summed E-state index contributed by atoms with van der Waals surface area (Å²) in [6.07, 6.45) is 10.1. The molecule has 2 nitrogen and oxygen atoms in total. The molecule has 1 N–H and O–H groups in total. The molecule has 7 aromatic rings. The minimum atomic E-state index is -0.187. The fourth-order valence-corrected chi connectivity index (χ4v) is 8.91. The summed E-state index contributed by atoms with van der Waals surface area (Å²) in [5.74, 6) is 0.296. The molecule has 264 valence electrons. The maximum Gasteiger partial charge on any atom is 0.145 e. The van der Waals surface area contributed by atoms with Gasteiger partial charge in [0.15, 0.2) is 0 Å². The number of hydrogen-bond donors (Lipinski definition) is 1. The first-order chi connectivity index (χ1) is 27.0. The molecule has 2 unspecified atom stereocenters. The minimum absolute atomic E-state index is 0.123. The standard InChI is InChI=1S/C53H42N2/c1-53(2)46-32-41(29-30-45(46)51-47(53)33-42-21-12-13-24-44(42)50(51)39-19-10-5-11-20-39)36-27-25-35(26-28-36)40-22-14-23-43(31-40)52-54-48(37-15-6-3-7-16-37)34-49(55-52)38-17-8-4-9-18-38/h3-25,27-35,52,54H,26H2,1-2H3. The van der Waals surface area contributed by atoms with Crippen molar-refractivity contribution in [1.29, 1.82) is 0 Å². The molecule has 3 aliphatic rings. The van der Waals surface area contributed by atoms with Gasteiger partial charge in [-0.2, -0.15) is 0 Å². The van der Waals surface area contributed by atoms with E-state index in [0.29, 0.717) is 5.92 Å². The molecule has 2 heteroatoms. The van der Waals surface area contributed by atoms with Crippen LogP contribution in [0.3, 0.4) is 0 Å². The SMILES string of the molecule is CC1(C)c2cc(C3=CCC(c4cccc(C5N=C(c6ccccc6)C=C(c6ccccc6)N5)c4)C=C3)ccc2-c2c1cc1ccccc1c2-c1ccccc1. The molecule has 0 spiro atoms. The van der Waals surface area contributed by atoms with Crippen molar-refractivity contribution in [2.24, 2.45) is 4.99 Å². The lowest BCUT2D eigenvalue weighted by Gasteiger charge is -2.26. The van der Waals surface area contributed by atoms with Crippen molar-refractivity contribution in [3.05, 3.63) is 227 Å². The van der Waals surface area contributed by atoms with E-state index in [9.17, 15) is 0 Å². The highest BCUT2D eigenvalue weighted by molar-refractivity contribution is 6.13. The van der Waals surface area contributed by atoms with Gasteiger partial charge >= 0.3 is 0 Å². The van der Waals surface area contributed by atoms with Crippen LogP contribution in [-0.4, -0.2) is 5.71 Å². The van der Waals surface area contributed by atoms with Crippen molar-refractivity contribution in [2.45, 2.75) is 37.8 Å². The number of allylic oxidation sites excluding steroid dienone is 5. The van der Waals surface area contributed by atoms with Crippen molar-refractivity contribution < 1.29 is 0 Å². The molecule has 0 bridgehead atoms. The van der Waals surface area contributed by atoms with Crippen LogP contribution in [-0.2, 0) is 5.41 Å². The Kier molecular flexibility index (Phi) is 8.07. The predicted molar refractivity (Wildman–Crippen MR) is 231 cm³/mol. The van der Waals surface area contributed by atoms with Crippen molar-refractivity contribution in [3.8, 4) is 22.3 Å². The van der Waals surface area contributed by atoms with Crippen LogP contribution in [0.15, 0.2) is 193 Å². The second kappa shape index (κ2) is 13.4. The average Bonchev–Trinajstić information content (AvgIpc) is 3.48. The molecule has 2 aliphatic carbocycles. The number of nitrogens with one attached hydrogen (secondary N) is 1. The van der Waals surface area contributed by atoms with Gasteiger partial charge in [0.1, 0.15) is 6.17 Å². The third-order valence-corrected chi connectivity index (χ3v) is 11.8. The van der Waals surface area contributed by atoms with Gasteiger partial charge in [-0.3, -0.25) is 4.99 Å². The fraction of sp³-hybridized carbons (Fsp3) is 0.113. The molecule has 0 saturated heterocycles. The van der Waals surface area contributed by atoms with Crippen LogP contribution < -0.4 is 5.32 Å². The van der Waals surface area contributed by atoms with Gasteiger partial charge in [0.2, 0.25) is 0 Å². The van der Waals surface area contributed by atoms with Crippen LogP contribution >= 0.6 is 0 Å². The molecule has 0 saturated carbocycles. The number of benzene rings is 7. The third kappa shape index (κ3) is 5.86. The van der Waals surface area contributed by atoms with Gasteiger partial charge in [-0.05, 0) is 102 Å². The van der Waals surface area contributed by atoms with E-state index in [-0.39, 0.29) is 11.6 Å². The van der Waals surface area contributed by atoms with Crippen molar-refractivity contribution in [2.75, 3.05) is 0 Å². The Balaban J connectivity index is 0.947. The molecule has 7 aromatic carbocycles. The zero-order valence-corrected chi connectivity index (χ0v) is 31.2. The van der Waals surface area contributed by atoms with Crippen LogP contribution in [0.25, 0.3) is 44.3 Å². The van der Waals surface area contributed by atoms with Gasteiger partial charge in [0.05, 0.1) is 5.71 Å². The smallest absolute Gasteiger partial charge is 0.145 e. The van der Waals surface area contributed by atoms with Crippen LogP contribution in [0.2, 0.25) is 0 Å². The molecule has 10 rings (SSSR count). The van der Waals surface area contributed by atoms with E-state index in [1.165, 1.54) is 66.4 Å². The summed E-state index contributed by atoms with van der Waals surface area (Å²) >= 11 is 0.